The minimum atomic E-state index is -3.64. The number of hydrogen-bond donors (Lipinski definition) is 1. The molecule has 0 fully saturated rings. The normalized spacial score (nSPS) is 12.0. The van der Waals surface area contributed by atoms with Gasteiger partial charge in [-0.1, -0.05) is 11.6 Å². The largest absolute Gasteiger partial charge is 0.468 e. The van der Waals surface area contributed by atoms with Crippen LogP contribution in [0, 0.1) is 6.92 Å². The summed E-state index contributed by atoms with van der Waals surface area (Å²) in [6, 6.07) is 6.30. The molecule has 2 aromatic rings. The lowest BCUT2D eigenvalue weighted by Gasteiger charge is -2.17. The van der Waals surface area contributed by atoms with Crippen molar-refractivity contribution in [2.45, 2.75) is 18.4 Å². The number of nitrogen functional groups attached to an aromatic ring is 1. The molecule has 108 valence electrons. The van der Waals surface area contributed by atoms with Crippen molar-refractivity contribution in [1.82, 2.24) is 4.31 Å². The number of anilines is 1. The van der Waals surface area contributed by atoms with Gasteiger partial charge in [0.1, 0.15) is 5.76 Å². The fourth-order valence-corrected chi connectivity index (χ4v) is 3.17. The molecular weight excluding hydrogens is 300 g/mol. The standard InChI is InChI=1S/C13H15ClN2O3S/c1-9-6-11(7-12(15)13(9)14)20(17,18)16(2)8-10-4-3-5-19-10/h3-7H,8,15H2,1-2H3. The topological polar surface area (TPSA) is 76.5 Å². The Morgan fingerprint density at radius 1 is 1.40 bits per heavy atom. The Balaban J connectivity index is 2.35. The molecule has 0 bridgehead atoms. The fourth-order valence-electron chi connectivity index (χ4n) is 1.80. The van der Waals surface area contributed by atoms with E-state index < -0.39 is 10.0 Å². The van der Waals surface area contributed by atoms with Crippen LogP contribution in [0.1, 0.15) is 11.3 Å². The maximum absolute atomic E-state index is 12.5. The third kappa shape index (κ3) is 2.82. The summed E-state index contributed by atoms with van der Waals surface area (Å²) in [6.07, 6.45) is 1.50. The number of halogens is 1. The van der Waals surface area contributed by atoms with Gasteiger partial charge in [0.25, 0.3) is 0 Å². The average molecular weight is 315 g/mol. The Kier molecular flexibility index (Phi) is 4.08. The number of hydrogen-bond acceptors (Lipinski definition) is 4. The Morgan fingerprint density at radius 2 is 2.10 bits per heavy atom. The lowest BCUT2D eigenvalue weighted by Crippen LogP contribution is -2.26. The number of nitrogens with two attached hydrogens (primary N) is 1. The minimum absolute atomic E-state index is 0.117. The molecule has 1 aromatic heterocycles. The maximum atomic E-state index is 12.5. The molecule has 2 rings (SSSR count). The van der Waals surface area contributed by atoms with Crippen LogP contribution in [-0.2, 0) is 16.6 Å². The summed E-state index contributed by atoms with van der Waals surface area (Å²) in [7, 11) is -2.16. The van der Waals surface area contributed by atoms with Gasteiger partial charge in [0.2, 0.25) is 10.0 Å². The third-order valence-electron chi connectivity index (χ3n) is 2.92. The van der Waals surface area contributed by atoms with Gasteiger partial charge >= 0.3 is 0 Å². The molecule has 0 unspecified atom stereocenters. The van der Waals surface area contributed by atoms with Crippen LogP contribution in [0.2, 0.25) is 5.02 Å². The predicted molar refractivity (Wildman–Crippen MR) is 78.0 cm³/mol. The number of sulfonamides is 1. The SMILES string of the molecule is Cc1cc(S(=O)(=O)N(C)Cc2ccco2)cc(N)c1Cl. The predicted octanol–water partition coefficient (Wildman–Crippen LogP) is 2.64. The zero-order valence-electron chi connectivity index (χ0n) is 11.1. The van der Waals surface area contributed by atoms with Crippen molar-refractivity contribution in [2.24, 2.45) is 0 Å². The highest BCUT2D eigenvalue weighted by Gasteiger charge is 2.23. The van der Waals surface area contributed by atoms with Crippen molar-refractivity contribution < 1.29 is 12.8 Å². The number of aryl methyl sites for hydroxylation is 1. The van der Waals surface area contributed by atoms with Gasteiger partial charge in [0, 0.05) is 7.05 Å². The molecule has 20 heavy (non-hydrogen) atoms. The van der Waals surface area contributed by atoms with E-state index in [1.807, 2.05) is 0 Å². The van der Waals surface area contributed by atoms with E-state index in [2.05, 4.69) is 0 Å². The average Bonchev–Trinajstić information content (AvgIpc) is 2.88. The molecule has 1 heterocycles. The molecule has 0 aliphatic carbocycles. The van der Waals surface area contributed by atoms with Gasteiger partial charge in [-0.2, -0.15) is 4.31 Å². The maximum Gasteiger partial charge on any atom is 0.243 e. The number of furan rings is 1. The van der Waals surface area contributed by atoms with Gasteiger partial charge in [-0.05, 0) is 36.8 Å². The summed E-state index contributed by atoms with van der Waals surface area (Å²) >= 11 is 5.95. The molecule has 7 heteroatoms. The number of benzene rings is 1. The Bertz CT molecular complexity index is 688. The van der Waals surface area contributed by atoms with E-state index in [1.165, 1.54) is 29.7 Å². The first kappa shape index (κ1) is 14.9. The van der Waals surface area contributed by atoms with E-state index in [0.29, 0.717) is 16.3 Å². The second-order valence-corrected chi connectivity index (χ2v) is 6.91. The van der Waals surface area contributed by atoms with Crippen LogP contribution in [-0.4, -0.2) is 19.8 Å². The van der Waals surface area contributed by atoms with E-state index in [1.54, 1.807) is 19.1 Å². The Labute approximate surface area is 123 Å². The molecule has 0 spiro atoms. The number of nitrogens with zero attached hydrogens (tertiary/aromatic N) is 1. The lowest BCUT2D eigenvalue weighted by molar-refractivity contribution is 0.406. The molecule has 1 aromatic carbocycles. The second-order valence-electron chi connectivity index (χ2n) is 4.48. The zero-order valence-corrected chi connectivity index (χ0v) is 12.7. The van der Waals surface area contributed by atoms with Crippen LogP contribution in [0.5, 0.6) is 0 Å². The number of rotatable bonds is 4. The molecule has 2 N–H and O–H groups in total. The van der Waals surface area contributed by atoms with Crippen molar-refractivity contribution in [3.05, 3.63) is 46.9 Å². The first-order valence-electron chi connectivity index (χ1n) is 5.86. The van der Waals surface area contributed by atoms with Gasteiger partial charge in [0.05, 0.1) is 28.4 Å². The second kappa shape index (κ2) is 5.47. The molecule has 0 saturated carbocycles. The first-order valence-corrected chi connectivity index (χ1v) is 7.68. The Hall–Kier alpha value is -1.50. The van der Waals surface area contributed by atoms with Gasteiger partial charge in [-0.3, -0.25) is 0 Å². The molecule has 0 atom stereocenters. The first-order chi connectivity index (χ1) is 9.32. The monoisotopic (exact) mass is 314 g/mol. The molecule has 0 aliphatic rings. The third-order valence-corrected chi connectivity index (χ3v) is 5.22. The van der Waals surface area contributed by atoms with Crippen molar-refractivity contribution in [3.63, 3.8) is 0 Å². The van der Waals surface area contributed by atoms with Crippen molar-refractivity contribution in [3.8, 4) is 0 Å². The van der Waals surface area contributed by atoms with Crippen LogP contribution < -0.4 is 5.73 Å². The smallest absolute Gasteiger partial charge is 0.243 e. The summed E-state index contributed by atoms with van der Waals surface area (Å²) in [5.74, 6) is 0.565. The van der Waals surface area contributed by atoms with E-state index in [9.17, 15) is 8.42 Å². The zero-order chi connectivity index (χ0) is 14.9. The van der Waals surface area contributed by atoms with Crippen LogP contribution in [0.3, 0.4) is 0 Å². The molecule has 0 saturated heterocycles. The van der Waals surface area contributed by atoms with Crippen LogP contribution in [0.15, 0.2) is 39.8 Å². The van der Waals surface area contributed by atoms with Crippen LogP contribution in [0.4, 0.5) is 5.69 Å². The van der Waals surface area contributed by atoms with Gasteiger partial charge < -0.3 is 10.2 Å². The van der Waals surface area contributed by atoms with Gasteiger partial charge in [-0.25, -0.2) is 8.42 Å². The van der Waals surface area contributed by atoms with Crippen LogP contribution >= 0.6 is 11.6 Å². The molecular formula is C13H15ClN2O3S. The molecule has 0 radical (unpaired) electrons. The van der Waals surface area contributed by atoms with E-state index in [4.69, 9.17) is 21.8 Å². The highest BCUT2D eigenvalue weighted by Crippen LogP contribution is 2.28. The quantitative estimate of drug-likeness (QED) is 0.880. The summed E-state index contributed by atoms with van der Waals surface area (Å²) in [5.41, 5.74) is 6.59. The van der Waals surface area contributed by atoms with Gasteiger partial charge in [0.15, 0.2) is 0 Å². The fraction of sp³-hybridized carbons (Fsp3) is 0.231. The minimum Gasteiger partial charge on any atom is -0.468 e. The van der Waals surface area contributed by atoms with Crippen molar-refractivity contribution in [2.75, 3.05) is 12.8 Å². The van der Waals surface area contributed by atoms with E-state index in [0.717, 1.165) is 0 Å². The molecule has 0 aliphatic heterocycles. The highest BCUT2D eigenvalue weighted by molar-refractivity contribution is 7.89. The van der Waals surface area contributed by atoms with Crippen molar-refractivity contribution in [1.29, 1.82) is 0 Å². The summed E-state index contributed by atoms with van der Waals surface area (Å²) < 4.78 is 31.3. The van der Waals surface area contributed by atoms with E-state index in [-0.39, 0.29) is 17.1 Å². The molecule has 0 amide bonds. The lowest BCUT2D eigenvalue weighted by atomic mass is 10.2. The highest BCUT2D eigenvalue weighted by atomic mass is 35.5. The molecule has 5 nitrogen and oxygen atoms in total. The van der Waals surface area contributed by atoms with E-state index >= 15 is 0 Å². The summed E-state index contributed by atoms with van der Waals surface area (Å²) in [5, 5.41) is 0.373. The van der Waals surface area contributed by atoms with Gasteiger partial charge in [-0.15, -0.1) is 0 Å². The summed E-state index contributed by atoms with van der Waals surface area (Å²) in [6.45, 7) is 1.86. The summed E-state index contributed by atoms with van der Waals surface area (Å²) in [4.78, 5) is 0.117. The van der Waals surface area contributed by atoms with Crippen molar-refractivity contribution >= 4 is 27.3 Å². The Morgan fingerprint density at radius 3 is 2.65 bits per heavy atom. The van der Waals surface area contributed by atoms with Crippen LogP contribution in [0.25, 0.3) is 0 Å².